The fraction of sp³-hybridized carbons (Fsp3) is 0.533. The Morgan fingerprint density at radius 3 is 2.78 bits per heavy atom. The molecule has 0 aliphatic carbocycles. The van der Waals surface area contributed by atoms with E-state index >= 15 is 0 Å². The van der Waals surface area contributed by atoms with Gasteiger partial charge in [-0.15, -0.1) is 0 Å². The molecule has 1 unspecified atom stereocenters. The molecule has 0 bridgehead atoms. The van der Waals surface area contributed by atoms with Gasteiger partial charge in [0, 0.05) is 31.2 Å². The number of nitrogens with one attached hydrogen (secondary N) is 1. The Kier molecular flexibility index (Phi) is 4.00. The smallest absolute Gasteiger partial charge is 0.0638 e. The maximum Gasteiger partial charge on any atom is 0.0638 e. The van der Waals surface area contributed by atoms with Crippen molar-refractivity contribution >= 4 is 0 Å². The standard InChI is InChI=1S/C15H21N3/c1-15(2)12-17-14(8-9-16)11-18(15)10-13-6-4-3-5-7-13/h3-7,14,17H,8,10-12H2,1-2H3. The molecule has 1 saturated heterocycles. The van der Waals surface area contributed by atoms with E-state index in [1.54, 1.807) is 0 Å². The zero-order valence-electron chi connectivity index (χ0n) is 11.2. The minimum atomic E-state index is 0.141. The van der Waals surface area contributed by atoms with E-state index in [0.29, 0.717) is 12.5 Å². The Morgan fingerprint density at radius 1 is 1.39 bits per heavy atom. The van der Waals surface area contributed by atoms with Crippen LogP contribution in [0.5, 0.6) is 0 Å². The molecule has 1 aromatic carbocycles. The molecule has 1 aromatic rings. The van der Waals surface area contributed by atoms with Crippen LogP contribution in [0.2, 0.25) is 0 Å². The molecule has 1 N–H and O–H groups in total. The first-order valence-electron chi connectivity index (χ1n) is 6.51. The van der Waals surface area contributed by atoms with Crippen molar-refractivity contribution in [2.45, 2.75) is 38.4 Å². The molecule has 1 heterocycles. The minimum absolute atomic E-state index is 0.141. The van der Waals surface area contributed by atoms with Crippen LogP contribution < -0.4 is 5.32 Å². The highest BCUT2D eigenvalue weighted by Crippen LogP contribution is 2.22. The van der Waals surface area contributed by atoms with Gasteiger partial charge in [0.15, 0.2) is 0 Å². The van der Waals surface area contributed by atoms with Gasteiger partial charge in [-0.3, -0.25) is 4.90 Å². The summed E-state index contributed by atoms with van der Waals surface area (Å²) in [4.78, 5) is 2.47. The van der Waals surface area contributed by atoms with Gasteiger partial charge in [0.2, 0.25) is 0 Å². The molecular formula is C15H21N3. The summed E-state index contributed by atoms with van der Waals surface area (Å²) in [6, 6.07) is 13.1. The van der Waals surface area contributed by atoms with E-state index in [0.717, 1.165) is 19.6 Å². The second kappa shape index (κ2) is 5.51. The predicted octanol–water partition coefficient (Wildman–Crippen LogP) is 2.15. The van der Waals surface area contributed by atoms with E-state index in [2.05, 4.69) is 54.4 Å². The lowest BCUT2D eigenvalue weighted by atomic mass is 9.95. The molecule has 0 aromatic heterocycles. The molecule has 0 saturated carbocycles. The highest BCUT2D eigenvalue weighted by atomic mass is 15.3. The van der Waals surface area contributed by atoms with Gasteiger partial charge in [-0.25, -0.2) is 0 Å². The number of benzene rings is 1. The average molecular weight is 243 g/mol. The molecular weight excluding hydrogens is 222 g/mol. The summed E-state index contributed by atoms with van der Waals surface area (Å²) >= 11 is 0. The molecule has 0 amide bonds. The molecule has 3 heteroatoms. The van der Waals surface area contributed by atoms with Gasteiger partial charge in [-0.2, -0.15) is 5.26 Å². The molecule has 1 atom stereocenters. The van der Waals surface area contributed by atoms with Crippen molar-refractivity contribution in [1.82, 2.24) is 10.2 Å². The molecule has 1 aliphatic rings. The van der Waals surface area contributed by atoms with Crippen molar-refractivity contribution in [1.29, 1.82) is 5.26 Å². The van der Waals surface area contributed by atoms with E-state index in [9.17, 15) is 0 Å². The fourth-order valence-electron chi connectivity index (χ4n) is 2.41. The van der Waals surface area contributed by atoms with E-state index in [-0.39, 0.29) is 5.54 Å². The summed E-state index contributed by atoms with van der Waals surface area (Å²) in [6.07, 6.45) is 0.585. The third kappa shape index (κ3) is 3.10. The van der Waals surface area contributed by atoms with Gasteiger partial charge in [-0.05, 0) is 19.4 Å². The summed E-state index contributed by atoms with van der Waals surface area (Å²) in [6.45, 7) is 7.34. The zero-order valence-corrected chi connectivity index (χ0v) is 11.2. The Balaban J connectivity index is 2.06. The lowest BCUT2D eigenvalue weighted by molar-refractivity contribution is 0.0596. The van der Waals surface area contributed by atoms with E-state index in [1.165, 1.54) is 5.56 Å². The third-order valence-corrected chi connectivity index (χ3v) is 3.67. The number of rotatable bonds is 3. The van der Waals surface area contributed by atoms with Gasteiger partial charge < -0.3 is 5.32 Å². The normalized spacial score (nSPS) is 23.5. The number of nitriles is 1. The lowest BCUT2D eigenvalue weighted by Crippen LogP contribution is -2.61. The molecule has 3 nitrogen and oxygen atoms in total. The van der Waals surface area contributed by atoms with E-state index in [1.807, 2.05) is 6.07 Å². The Labute approximate surface area is 109 Å². The average Bonchev–Trinajstić information content (AvgIpc) is 2.35. The maximum atomic E-state index is 8.82. The van der Waals surface area contributed by atoms with Gasteiger partial charge >= 0.3 is 0 Å². The zero-order chi connectivity index (χ0) is 13.0. The van der Waals surface area contributed by atoms with Crippen LogP contribution in [0.4, 0.5) is 0 Å². The summed E-state index contributed by atoms with van der Waals surface area (Å²) in [7, 11) is 0. The van der Waals surface area contributed by atoms with Crippen LogP contribution in [0, 0.1) is 11.3 Å². The second-order valence-corrected chi connectivity index (χ2v) is 5.62. The Morgan fingerprint density at radius 2 is 2.11 bits per heavy atom. The first-order valence-corrected chi connectivity index (χ1v) is 6.51. The highest BCUT2D eigenvalue weighted by Gasteiger charge is 2.33. The molecule has 2 rings (SSSR count). The van der Waals surface area contributed by atoms with Gasteiger partial charge in [0.25, 0.3) is 0 Å². The quantitative estimate of drug-likeness (QED) is 0.884. The van der Waals surface area contributed by atoms with Crippen LogP contribution in [-0.2, 0) is 6.54 Å². The SMILES string of the molecule is CC1(C)CNC(CC#N)CN1Cc1ccccc1. The summed E-state index contributed by atoms with van der Waals surface area (Å²) in [5.74, 6) is 0. The topological polar surface area (TPSA) is 39.1 Å². The lowest BCUT2D eigenvalue weighted by Gasteiger charge is -2.45. The molecule has 0 spiro atoms. The van der Waals surface area contributed by atoms with Crippen molar-refractivity contribution in [2.75, 3.05) is 13.1 Å². The summed E-state index contributed by atoms with van der Waals surface area (Å²) in [5, 5.41) is 12.3. The second-order valence-electron chi connectivity index (χ2n) is 5.62. The Hall–Kier alpha value is -1.37. The number of nitrogens with zero attached hydrogens (tertiary/aromatic N) is 2. The summed E-state index contributed by atoms with van der Waals surface area (Å²) in [5.41, 5.74) is 1.48. The van der Waals surface area contributed by atoms with Crippen molar-refractivity contribution in [3.05, 3.63) is 35.9 Å². The van der Waals surface area contributed by atoms with Crippen LogP contribution in [0.3, 0.4) is 0 Å². The number of hydrogen-bond donors (Lipinski definition) is 1. The van der Waals surface area contributed by atoms with Gasteiger partial charge in [0.1, 0.15) is 0 Å². The molecule has 1 aliphatic heterocycles. The van der Waals surface area contributed by atoms with Gasteiger partial charge in [-0.1, -0.05) is 30.3 Å². The molecule has 96 valence electrons. The van der Waals surface area contributed by atoms with E-state index < -0.39 is 0 Å². The van der Waals surface area contributed by atoms with Crippen LogP contribution in [-0.4, -0.2) is 29.6 Å². The van der Waals surface area contributed by atoms with Crippen LogP contribution in [0.15, 0.2) is 30.3 Å². The molecule has 1 fully saturated rings. The molecule has 18 heavy (non-hydrogen) atoms. The fourth-order valence-corrected chi connectivity index (χ4v) is 2.41. The summed E-state index contributed by atoms with van der Waals surface area (Å²) < 4.78 is 0. The third-order valence-electron chi connectivity index (χ3n) is 3.67. The first-order chi connectivity index (χ1) is 8.62. The van der Waals surface area contributed by atoms with Crippen molar-refractivity contribution in [2.24, 2.45) is 0 Å². The highest BCUT2D eigenvalue weighted by molar-refractivity contribution is 5.15. The minimum Gasteiger partial charge on any atom is -0.310 e. The number of piperazine rings is 1. The maximum absolute atomic E-state index is 8.82. The van der Waals surface area contributed by atoms with Crippen LogP contribution in [0.1, 0.15) is 25.8 Å². The monoisotopic (exact) mass is 243 g/mol. The van der Waals surface area contributed by atoms with E-state index in [4.69, 9.17) is 5.26 Å². The van der Waals surface area contributed by atoms with Crippen LogP contribution in [0.25, 0.3) is 0 Å². The van der Waals surface area contributed by atoms with Crippen molar-refractivity contribution < 1.29 is 0 Å². The van der Waals surface area contributed by atoms with Crippen molar-refractivity contribution in [3.63, 3.8) is 0 Å². The first kappa shape index (κ1) is 13.1. The predicted molar refractivity (Wildman–Crippen MR) is 73.0 cm³/mol. The Bertz CT molecular complexity index is 419. The van der Waals surface area contributed by atoms with Crippen molar-refractivity contribution in [3.8, 4) is 6.07 Å². The largest absolute Gasteiger partial charge is 0.310 e. The van der Waals surface area contributed by atoms with Gasteiger partial charge in [0.05, 0.1) is 12.5 Å². The van der Waals surface area contributed by atoms with Crippen LogP contribution >= 0.6 is 0 Å². The number of hydrogen-bond acceptors (Lipinski definition) is 3. The molecule has 0 radical (unpaired) electrons.